The Bertz CT molecular complexity index is 794. The molecular formula is C19H18F3NO4. The molecule has 0 aliphatic rings. The maximum atomic E-state index is 13.1. The van der Waals surface area contributed by atoms with Gasteiger partial charge in [-0.05, 0) is 48.7 Å². The van der Waals surface area contributed by atoms with Crippen molar-refractivity contribution in [2.75, 3.05) is 0 Å². The van der Waals surface area contributed by atoms with Gasteiger partial charge in [0, 0.05) is 6.42 Å². The summed E-state index contributed by atoms with van der Waals surface area (Å²) in [5, 5.41) is 12.0. The number of hydrogen-bond acceptors (Lipinski definition) is 3. The molecule has 0 aliphatic carbocycles. The van der Waals surface area contributed by atoms with Gasteiger partial charge in [0.2, 0.25) is 5.91 Å². The molecule has 0 saturated heterocycles. The van der Waals surface area contributed by atoms with Gasteiger partial charge < -0.3 is 15.2 Å². The fraction of sp³-hybridized carbons (Fsp3) is 0.263. The van der Waals surface area contributed by atoms with Gasteiger partial charge in [0.25, 0.3) is 0 Å². The highest BCUT2D eigenvalue weighted by Gasteiger charge is 2.36. The number of carbonyl (C=O) groups is 2. The van der Waals surface area contributed by atoms with E-state index in [1.165, 1.54) is 31.2 Å². The van der Waals surface area contributed by atoms with Crippen molar-refractivity contribution in [1.29, 1.82) is 0 Å². The topological polar surface area (TPSA) is 75.6 Å². The molecule has 2 rings (SSSR count). The van der Waals surface area contributed by atoms with E-state index in [1.807, 2.05) is 0 Å². The summed E-state index contributed by atoms with van der Waals surface area (Å²) in [5.41, 5.74) is -0.774. The molecule has 27 heavy (non-hydrogen) atoms. The Kier molecular flexibility index (Phi) is 6.44. The van der Waals surface area contributed by atoms with Gasteiger partial charge in [-0.1, -0.05) is 24.3 Å². The van der Waals surface area contributed by atoms with Crippen LogP contribution in [0.3, 0.4) is 0 Å². The van der Waals surface area contributed by atoms with E-state index in [0.29, 0.717) is 5.56 Å². The average molecular weight is 381 g/mol. The number of halogens is 3. The third kappa shape index (κ3) is 5.47. The van der Waals surface area contributed by atoms with E-state index in [0.717, 1.165) is 12.1 Å². The highest BCUT2D eigenvalue weighted by Crippen LogP contribution is 2.22. The number of carboxylic acids is 1. The number of carboxylic acid groups (broad SMARTS) is 1. The Hall–Kier alpha value is -3.03. The van der Waals surface area contributed by atoms with Crippen LogP contribution in [0.2, 0.25) is 0 Å². The lowest BCUT2D eigenvalue weighted by Crippen LogP contribution is -2.49. The van der Waals surface area contributed by atoms with Crippen LogP contribution in [0.15, 0.2) is 48.5 Å². The van der Waals surface area contributed by atoms with Crippen LogP contribution in [0.1, 0.15) is 24.5 Å². The molecule has 1 unspecified atom stereocenters. The summed E-state index contributed by atoms with van der Waals surface area (Å²) < 4.78 is 41.5. The zero-order valence-electron chi connectivity index (χ0n) is 14.4. The second-order valence-electron chi connectivity index (χ2n) is 6.01. The van der Waals surface area contributed by atoms with Crippen LogP contribution in [-0.4, -0.2) is 23.6 Å². The van der Waals surface area contributed by atoms with Crippen molar-refractivity contribution < 1.29 is 32.6 Å². The number of aliphatic carboxylic acids is 1. The van der Waals surface area contributed by atoms with Crippen molar-refractivity contribution in [2.24, 2.45) is 0 Å². The predicted molar refractivity (Wildman–Crippen MR) is 90.9 cm³/mol. The maximum Gasteiger partial charge on any atom is 0.387 e. The number of alkyl halides is 2. The fourth-order valence-corrected chi connectivity index (χ4v) is 2.47. The number of rotatable bonds is 8. The molecular weight excluding hydrogens is 363 g/mol. The van der Waals surface area contributed by atoms with Gasteiger partial charge in [0.15, 0.2) is 5.54 Å². The first-order chi connectivity index (χ1) is 12.7. The smallest absolute Gasteiger partial charge is 0.387 e. The summed E-state index contributed by atoms with van der Waals surface area (Å²) in [4.78, 5) is 23.9. The molecule has 0 aliphatic heterocycles. The molecule has 1 amide bonds. The third-order valence-electron chi connectivity index (χ3n) is 4.03. The number of carbonyl (C=O) groups excluding carboxylic acids is 1. The lowest BCUT2D eigenvalue weighted by atomic mass is 9.91. The molecule has 0 aromatic heterocycles. The van der Waals surface area contributed by atoms with Crippen molar-refractivity contribution in [3.8, 4) is 5.75 Å². The number of benzene rings is 2. The first kappa shape index (κ1) is 20.3. The van der Waals surface area contributed by atoms with Crippen LogP contribution >= 0.6 is 0 Å². The van der Waals surface area contributed by atoms with Crippen LogP contribution in [0, 0.1) is 5.82 Å². The Balaban J connectivity index is 2.00. The second-order valence-corrected chi connectivity index (χ2v) is 6.01. The normalized spacial score (nSPS) is 13.1. The Labute approximate surface area is 153 Å². The van der Waals surface area contributed by atoms with Crippen molar-refractivity contribution in [1.82, 2.24) is 5.32 Å². The highest BCUT2D eigenvalue weighted by molar-refractivity contribution is 5.87. The zero-order valence-corrected chi connectivity index (χ0v) is 14.4. The second kappa shape index (κ2) is 8.57. The first-order valence-corrected chi connectivity index (χ1v) is 8.05. The molecule has 2 aromatic carbocycles. The lowest BCUT2D eigenvalue weighted by molar-refractivity contribution is -0.147. The van der Waals surface area contributed by atoms with Crippen molar-refractivity contribution in [2.45, 2.75) is 31.9 Å². The molecule has 0 fully saturated rings. The quantitative estimate of drug-likeness (QED) is 0.734. The third-order valence-corrected chi connectivity index (χ3v) is 4.03. The monoisotopic (exact) mass is 381 g/mol. The van der Waals surface area contributed by atoms with Gasteiger partial charge >= 0.3 is 12.6 Å². The molecule has 144 valence electrons. The molecule has 8 heteroatoms. The summed E-state index contributed by atoms with van der Waals surface area (Å²) in [6.07, 6.45) is 0.263. The van der Waals surface area contributed by atoms with E-state index >= 15 is 0 Å². The summed E-state index contributed by atoms with van der Waals surface area (Å²) in [6, 6.07) is 10.6. The minimum atomic E-state index is -2.92. The minimum Gasteiger partial charge on any atom is -0.479 e. The van der Waals surface area contributed by atoms with Crippen LogP contribution in [0.5, 0.6) is 5.75 Å². The maximum absolute atomic E-state index is 13.1. The zero-order chi connectivity index (χ0) is 20.0. The van der Waals surface area contributed by atoms with Gasteiger partial charge in [-0.25, -0.2) is 9.18 Å². The van der Waals surface area contributed by atoms with E-state index in [-0.39, 0.29) is 24.2 Å². The standard InChI is InChI=1S/C19H18F3NO4/c1-19(17(25)26,13-5-7-14(20)8-6-13)23-16(24)11-4-12-2-9-15(10-3-12)27-18(21)22/h2-3,5-10,18H,4,11H2,1H3,(H,23,24)(H,25,26). The summed E-state index contributed by atoms with van der Waals surface area (Å²) in [6.45, 7) is -1.60. The Morgan fingerprint density at radius 1 is 1.11 bits per heavy atom. The summed E-state index contributed by atoms with van der Waals surface area (Å²) >= 11 is 0. The van der Waals surface area contributed by atoms with Crippen LogP contribution in [-0.2, 0) is 21.5 Å². The SMILES string of the molecule is CC(NC(=O)CCc1ccc(OC(F)F)cc1)(C(=O)O)c1ccc(F)cc1. The van der Waals surface area contributed by atoms with Gasteiger partial charge in [0.05, 0.1) is 0 Å². The number of amides is 1. The summed E-state index contributed by atoms with van der Waals surface area (Å²) in [5.74, 6) is -2.31. The molecule has 5 nitrogen and oxygen atoms in total. The fourth-order valence-electron chi connectivity index (χ4n) is 2.47. The molecule has 1 atom stereocenters. The first-order valence-electron chi connectivity index (χ1n) is 8.05. The van der Waals surface area contributed by atoms with Gasteiger partial charge in [-0.2, -0.15) is 8.78 Å². The number of ether oxygens (including phenoxy) is 1. The van der Waals surface area contributed by atoms with E-state index in [9.17, 15) is 27.9 Å². The molecule has 2 aromatic rings. The van der Waals surface area contributed by atoms with Gasteiger partial charge in [-0.3, -0.25) is 4.79 Å². The minimum absolute atomic E-state index is 0.00737. The largest absolute Gasteiger partial charge is 0.479 e. The van der Waals surface area contributed by atoms with Crippen molar-refractivity contribution >= 4 is 11.9 Å². The molecule has 2 N–H and O–H groups in total. The number of nitrogens with one attached hydrogen (secondary N) is 1. The number of hydrogen-bond donors (Lipinski definition) is 2. The predicted octanol–water partition coefficient (Wildman–Crippen LogP) is 3.48. The van der Waals surface area contributed by atoms with Crippen molar-refractivity contribution in [3.63, 3.8) is 0 Å². The van der Waals surface area contributed by atoms with E-state index in [1.54, 1.807) is 12.1 Å². The van der Waals surface area contributed by atoms with Gasteiger partial charge in [-0.15, -0.1) is 0 Å². The van der Waals surface area contributed by atoms with Crippen LogP contribution in [0.25, 0.3) is 0 Å². The van der Waals surface area contributed by atoms with Crippen LogP contribution < -0.4 is 10.1 Å². The Morgan fingerprint density at radius 3 is 2.22 bits per heavy atom. The molecule has 0 radical (unpaired) electrons. The van der Waals surface area contributed by atoms with E-state index in [4.69, 9.17) is 0 Å². The summed E-state index contributed by atoms with van der Waals surface area (Å²) in [7, 11) is 0. The van der Waals surface area contributed by atoms with E-state index < -0.39 is 29.8 Å². The molecule has 0 bridgehead atoms. The molecule has 0 heterocycles. The number of aryl methyl sites for hydroxylation is 1. The molecule has 0 saturated carbocycles. The van der Waals surface area contributed by atoms with Crippen molar-refractivity contribution in [3.05, 3.63) is 65.5 Å². The van der Waals surface area contributed by atoms with E-state index in [2.05, 4.69) is 10.1 Å². The highest BCUT2D eigenvalue weighted by atomic mass is 19.3. The lowest BCUT2D eigenvalue weighted by Gasteiger charge is -2.27. The van der Waals surface area contributed by atoms with Crippen LogP contribution in [0.4, 0.5) is 13.2 Å². The molecule has 0 spiro atoms. The van der Waals surface area contributed by atoms with Gasteiger partial charge in [0.1, 0.15) is 11.6 Å². The average Bonchev–Trinajstić information content (AvgIpc) is 2.61. The Morgan fingerprint density at radius 2 is 1.70 bits per heavy atom.